The molecular formula is C15H24N2O3. The molecule has 1 aromatic rings. The zero-order chi connectivity index (χ0) is 15.0. The second kappa shape index (κ2) is 8.40. The molecule has 0 saturated carbocycles. The number of nitrogens with zero attached hydrogens (tertiary/aromatic N) is 1. The molecule has 0 bridgehead atoms. The number of nitrogens with one attached hydrogen (secondary N) is 1. The van der Waals surface area contributed by atoms with Crippen LogP contribution in [-0.2, 0) is 0 Å². The van der Waals surface area contributed by atoms with Crippen molar-refractivity contribution in [3.05, 3.63) is 28.3 Å². The van der Waals surface area contributed by atoms with Crippen molar-refractivity contribution in [2.75, 3.05) is 18.5 Å². The Labute approximate surface area is 120 Å². The quantitative estimate of drug-likeness (QED) is 0.417. The lowest BCUT2D eigenvalue weighted by Gasteiger charge is -2.10. The molecule has 0 heterocycles. The van der Waals surface area contributed by atoms with Crippen molar-refractivity contribution in [3.8, 4) is 5.75 Å². The topological polar surface area (TPSA) is 64.4 Å². The first-order valence-corrected chi connectivity index (χ1v) is 7.20. The number of para-hydroxylation sites is 1. The number of hydrogen-bond donors (Lipinski definition) is 1. The Bertz CT molecular complexity index is 433. The van der Waals surface area contributed by atoms with Gasteiger partial charge >= 0.3 is 5.69 Å². The highest BCUT2D eigenvalue weighted by atomic mass is 16.6. The first kappa shape index (κ1) is 16.3. The Hall–Kier alpha value is -1.78. The van der Waals surface area contributed by atoms with Gasteiger partial charge in [-0.15, -0.1) is 0 Å². The fourth-order valence-corrected chi connectivity index (χ4v) is 2.03. The van der Waals surface area contributed by atoms with Gasteiger partial charge in [-0.2, -0.15) is 0 Å². The molecule has 0 aliphatic carbocycles. The molecular weight excluding hydrogens is 256 g/mol. The molecule has 0 amide bonds. The number of hydrogen-bond acceptors (Lipinski definition) is 4. The molecule has 5 nitrogen and oxygen atoms in total. The van der Waals surface area contributed by atoms with Crippen molar-refractivity contribution in [1.29, 1.82) is 0 Å². The Balaban J connectivity index is 2.64. The van der Waals surface area contributed by atoms with Gasteiger partial charge < -0.3 is 10.1 Å². The number of unbranched alkanes of at least 4 members (excludes halogenated alkanes) is 1. The van der Waals surface area contributed by atoms with E-state index in [1.807, 2.05) is 6.92 Å². The molecule has 5 heteroatoms. The summed E-state index contributed by atoms with van der Waals surface area (Å²) in [6.45, 7) is 7.37. The van der Waals surface area contributed by atoms with E-state index in [0.29, 0.717) is 24.0 Å². The lowest BCUT2D eigenvalue weighted by molar-refractivity contribution is -0.384. The molecule has 20 heavy (non-hydrogen) atoms. The lowest BCUT2D eigenvalue weighted by Crippen LogP contribution is -2.06. The van der Waals surface area contributed by atoms with E-state index in [-0.39, 0.29) is 10.6 Å². The van der Waals surface area contributed by atoms with E-state index in [1.165, 1.54) is 6.42 Å². The predicted octanol–water partition coefficient (Wildman–Crippen LogP) is 4.23. The van der Waals surface area contributed by atoms with Crippen LogP contribution in [0.15, 0.2) is 18.2 Å². The number of nitro benzene ring substituents is 1. The summed E-state index contributed by atoms with van der Waals surface area (Å²) in [5, 5.41) is 14.3. The van der Waals surface area contributed by atoms with Gasteiger partial charge in [0.25, 0.3) is 0 Å². The minimum atomic E-state index is -0.387. The van der Waals surface area contributed by atoms with E-state index in [2.05, 4.69) is 19.2 Å². The third kappa shape index (κ3) is 5.07. The maximum Gasteiger partial charge on any atom is 0.333 e. The average Bonchev–Trinajstić information content (AvgIpc) is 2.38. The van der Waals surface area contributed by atoms with Gasteiger partial charge in [0.15, 0.2) is 5.75 Å². The van der Waals surface area contributed by atoms with Crippen LogP contribution in [0.4, 0.5) is 11.4 Å². The van der Waals surface area contributed by atoms with Crippen LogP contribution in [0.3, 0.4) is 0 Å². The SMILES string of the molecule is CCOc1cccc(NCCCCC(C)C)c1[N+](=O)[O-]. The minimum absolute atomic E-state index is 0.0261. The van der Waals surface area contributed by atoms with Crippen LogP contribution in [0, 0.1) is 16.0 Å². The van der Waals surface area contributed by atoms with Crippen molar-refractivity contribution < 1.29 is 9.66 Å². The van der Waals surface area contributed by atoms with Gasteiger partial charge in [-0.05, 0) is 31.4 Å². The molecule has 112 valence electrons. The summed E-state index contributed by atoms with van der Waals surface area (Å²) in [6.07, 6.45) is 3.32. The van der Waals surface area contributed by atoms with Crippen LogP contribution in [-0.4, -0.2) is 18.1 Å². The van der Waals surface area contributed by atoms with Crippen molar-refractivity contribution in [1.82, 2.24) is 0 Å². The normalized spacial score (nSPS) is 10.6. The molecule has 0 aliphatic rings. The zero-order valence-electron chi connectivity index (χ0n) is 12.5. The molecule has 0 unspecified atom stereocenters. The molecule has 0 saturated heterocycles. The summed E-state index contributed by atoms with van der Waals surface area (Å²) in [5.74, 6) is 1.02. The van der Waals surface area contributed by atoms with Crippen molar-refractivity contribution >= 4 is 11.4 Å². The first-order chi connectivity index (χ1) is 9.56. The van der Waals surface area contributed by atoms with Crippen LogP contribution < -0.4 is 10.1 Å². The van der Waals surface area contributed by atoms with Crippen LogP contribution in [0.1, 0.15) is 40.0 Å². The van der Waals surface area contributed by atoms with Crippen LogP contribution in [0.5, 0.6) is 5.75 Å². The fraction of sp³-hybridized carbons (Fsp3) is 0.600. The number of rotatable bonds is 9. The Kier molecular flexibility index (Phi) is 6.84. The average molecular weight is 280 g/mol. The number of nitro groups is 1. The molecule has 0 aromatic heterocycles. The number of ether oxygens (including phenoxy) is 1. The van der Waals surface area contributed by atoms with Gasteiger partial charge in [0.1, 0.15) is 5.69 Å². The molecule has 0 spiro atoms. The van der Waals surface area contributed by atoms with E-state index in [0.717, 1.165) is 19.4 Å². The second-order valence-electron chi connectivity index (χ2n) is 5.16. The summed E-state index contributed by atoms with van der Waals surface area (Å²) in [4.78, 5) is 10.8. The third-order valence-corrected chi connectivity index (χ3v) is 3.01. The Morgan fingerprint density at radius 2 is 2.10 bits per heavy atom. The molecule has 0 fully saturated rings. The van der Waals surface area contributed by atoms with Gasteiger partial charge in [0.2, 0.25) is 0 Å². The highest BCUT2D eigenvalue weighted by Crippen LogP contribution is 2.34. The summed E-state index contributed by atoms with van der Waals surface area (Å²) < 4.78 is 5.32. The predicted molar refractivity (Wildman–Crippen MR) is 81.4 cm³/mol. The fourth-order valence-electron chi connectivity index (χ4n) is 2.03. The van der Waals surface area contributed by atoms with E-state index in [9.17, 15) is 10.1 Å². The van der Waals surface area contributed by atoms with E-state index in [1.54, 1.807) is 18.2 Å². The van der Waals surface area contributed by atoms with E-state index in [4.69, 9.17) is 4.74 Å². The summed E-state index contributed by atoms with van der Waals surface area (Å²) in [6, 6.07) is 5.13. The van der Waals surface area contributed by atoms with Crippen LogP contribution in [0.2, 0.25) is 0 Å². The van der Waals surface area contributed by atoms with E-state index < -0.39 is 0 Å². The van der Waals surface area contributed by atoms with Crippen LogP contribution >= 0.6 is 0 Å². The zero-order valence-corrected chi connectivity index (χ0v) is 12.5. The summed E-state index contributed by atoms with van der Waals surface area (Å²) >= 11 is 0. The van der Waals surface area contributed by atoms with Crippen molar-refractivity contribution in [2.24, 2.45) is 5.92 Å². The Morgan fingerprint density at radius 3 is 2.70 bits per heavy atom. The molecule has 1 aromatic carbocycles. The van der Waals surface area contributed by atoms with Gasteiger partial charge in [-0.25, -0.2) is 0 Å². The summed E-state index contributed by atoms with van der Waals surface area (Å²) in [7, 11) is 0. The van der Waals surface area contributed by atoms with Gasteiger partial charge in [-0.1, -0.05) is 32.8 Å². The highest BCUT2D eigenvalue weighted by Gasteiger charge is 2.20. The second-order valence-corrected chi connectivity index (χ2v) is 5.16. The molecule has 1 rings (SSSR count). The smallest absolute Gasteiger partial charge is 0.333 e. The monoisotopic (exact) mass is 280 g/mol. The van der Waals surface area contributed by atoms with Gasteiger partial charge in [0.05, 0.1) is 11.5 Å². The Morgan fingerprint density at radius 1 is 1.35 bits per heavy atom. The third-order valence-electron chi connectivity index (χ3n) is 3.01. The number of benzene rings is 1. The minimum Gasteiger partial charge on any atom is -0.487 e. The highest BCUT2D eigenvalue weighted by molar-refractivity contribution is 5.68. The standard InChI is InChI=1S/C15H24N2O3/c1-4-20-14-10-7-9-13(15(14)17(18)19)16-11-6-5-8-12(2)3/h7,9-10,12,16H,4-6,8,11H2,1-3H3. The largest absolute Gasteiger partial charge is 0.487 e. The maximum absolute atomic E-state index is 11.2. The lowest BCUT2D eigenvalue weighted by atomic mass is 10.1. The molecule has 1 N–H and O–H groups in total. The molecule has 0 aliphatic heterocycles. The van der Waals surface area contributed by atoms with Crippen molar-refractivity contribution in [2.45, 2.75) is 40.0 Å². The van der Waals surface area contributed by atoms with Crippen LogP contribution in [0.25, 0.3) is 0 Å². The molecule has 0 radical (unpaired) electrons. The maximum atomic E-state index is 11.2. The van der Waals surface area contributed by atoms with Crippen molar-refractivity contribution in [3.63, 3.8) is 0 Å². The van der Waals surface area contributed by atoms with Gasteiger partial charge in [0, 0.05) is 6.54 Å². The van der Waals surface area contributed by atoms with E-state index >= 15 is 0 Å². The first-order valence-electron chi connectivity index (χ1n) is 7.20. The molecule has 0 atom stereocenters. The van der Waals surface area contributed by atoms with Gasteiger partial charge in [-0.3, -0.25) is 10.1 Å². The number of anilines is 1. The summed E-state index contributed by atoms with van der Waals surface area (Å²) in [5.41, 5.74) is 0.559.